The maximum Gasteiger partial charge on any atom is 0.228 e. The molecule has 0 bridgehead atoms. The van der Waals surface area contributed by atoms with E-state index >= 15 is 0 Å². The van der Waals surface area contributed by atoms with Crippen LogP contribution in [0.15, 0.2) is 60.8 Å². The van der Waals surface area contributed by atoms with Crippen LogP contribution in [0.2, 0.25) is 0 Å². The zero-order valence-electron chi connectivity index (χ0n) is 23.4. The summed E-state index contributed by atoms with van der Waals surface area (Å²) in [5.74, 6) is 3.72. The fraction of sp³-hybridized carbons (Fsp3) is 0.378. The summed E-state index contributed by atoms with van der Waals surface area (Å²) in [6.45, 7) is 2.30. The van der Waals surface area contributed by atoms with E-state index < -0.39 is 0 Å². The molecule has 196 valence electrons. The van der Waals surface area contributed by atoms with Crippen molar-refractivity contribution in [1.29, 1.82) is 0 Å². The predicted octanol–water partition coefficient (Wildman–Crippen LogP) is 9.52. The Morgan fingerprint density at radius 3 is 2.26 bits per heavy atom. The number of pyridine rings is 1. The molecule has 2 aliphatic carbocycles. The first kappa shape index (κ1) is 23.5. The van der Waals surface area contributed by atoms with E-state index in [0.717, 1.165) is 29.8 Å². The second-order valence-corrected chi connectivity index (χ2v) is 12.7. The average Bonchev–Trinajstić information content (AvgIpc) is 3.67. The highest BCUT2D eigenvalue weighted by molar-refractivity contribution is 6.16. The summed E-state index contributed by atoms with van der Waals surface area (Å²) in [6.07, 6.45) is 15.6. The molecule has 1 aliphatic heterocycles. The van der Waals surface area contributed by atoms with Crippen LogP contribution in [0.25, 0.3) is 43.6 Å². The number of hydrogen-bond acceptors (Lipinski definition) is 1. The summed E-state index contributed by atoms with van der Waals surface area (Å²) in [4.78, 5) is 0. The summed E-state index contributed by atoms with van der Waals surface area (Å²) < 4.78 is 9.40. The van der Waals surface area contributed by atoms with E-state index in [1.807, 2.05) is 0 Å². The molecule has 8 rings (SSSR count). The van der Waals surface area contributed by atoms with E-state index in [0.29, 0.717) is 0 Å². The lowest BCUT2D eigenvalue weighted by Crippen LogP contribution is -2.32. The second kappa shape index (κ2) is 9.08. The van der Waals surface area contributed by atoms with E-state index in [9.17, 15) is 0 Å². The lowest BCUT2D eigenvalue weighted by molar-refractivity contribution is -0.659. The molecule has 2 saturated carbocycles. The first-order valence-electron chi connectivity index (χ1n) is 15.3. The van der Waals surface area contributed by atoms with Crippen molar-refractivity contribution in [3.8, 4) is 22.8 Å². The highest BCUT2D eigenvalue weighted by Gasteiger charge is 2.34. The normalized spacial score (nSPS) is 17.4. The Hall–Kier alpha value is -3.39. The fourth-order valence-electron chi connectivity index (χ4n) is 8.22. The van der Waals surface area contributed by atoms with Gasteiger partial charge in [-0.1, -0.05) is 93.8 Å². The maximum atomic E-state index is 7.07. The van der Waals surface area contributed by atoms with E-state index in [4.69, 9.17) is 4.74 Å². The molecule has 0 unspecified atom stereocenters. The first-order chi connectivity index (χ1) is 19.2. The number of benzene rings is 4. The molecule has 39 heavy (non-hydrogen) atoms. The minimum Gasteiger partial charge on any atom is -0.455 e. The molecule has 2 heterocycles. The van der Waals surface area contributed by atoms with Gasteiger partial charge in [-0.2, -0.15) is 0 Å². The number of aromatic nitrogens is 1. The summed E-state index contributed by atoms with van der Waals surface area (Å²) in [5.41, 5.74) is 6.83. The smallest absolute Gasteiger partial charge is 0.228 e. The third kappa shape index (κ3) is 3.71. The van der Waals surface area contributed by atoms with Crippen LogP contribution in [-0.2, 0) is 19.9 Å². The average molecular weight is 513 g/mol. The Morgan fingerprint density at radius 2 is 1.49 bits per heavy atom. The van der Waals surface area contributed by atoms with Gasteiger partial charge < -0.3 is 4.74 Å². The van der Waals surface area contributed by atoms with Crippen molar-refractivity contribution in [2.75, 3.05) is 0 Å². The Morgan fingerprint density at radius 1 is 0.769 bits per heavy atom. The number of nitrogens with zero attached hydrogens (tertiary/aromatic N) is 1. The van der Waals surface area contributed by atoms with Gasteiger partial charge in [0.1, 0.15) is 18.5 Å². The van der Waals surface area contributed by atoms with Crippen molar-refractivity contribution >= 4 is 32.3 Å². The van der Waals surface area contributed by atoms with Crippen LogP contribution in [0.5, 0.6) is 11.5 Å². The molecule has 2 nitrogen and oxygen atoms in total. The molecule has 0 N–H and O–H groups in total. The first-order valence-corrected chi connectivity index (χ1v) is 15.3. The lowest BCUT2D eigenvalue weighted by atomic mass is 9.84. The van der Waals surface area contributed by atoms with Crippen molar-refractivity contribution in [2.24, 2.45) is 18.9 Å². The van der Waals surface area contributed by atoms with Gasteiger partial charge in [0.05, 0.1) is 10.9 Å². The van der Waals surface area contributed by atoms with Gasteiger partial charge in [-0.05, 0) is 70.3 Å². The summed E-state index contributed by atoms with van der Waals surface area (Å²) in [6, 6.07) is 20.8. The van der Waals surface area contributed by atoms with Crippen LogP contribution in [0.4, 0.5) is 0 Å². The number of ether oxygens (including phenoxy) is 1. The number of rotatable bonds is 4. The van der Waals surface area contributed by atoms with Crippen LogP contribution in [0.1, 0.15) is 68.1 Å². The molecule has 0 atom stereocenters. The SMILES string of the molecule is Cc1c2c(c(CC3CCCC3)c3ccccc13)Oc1cc3ccc(CC4CCCC4)cc3c3cc[n+](C)c-2c13. The van der Waals surface area contributed by atoms with Crippen LogP contribution in [-0.4, -0.2) is 0 Å². The van der Waals surface area contributed by atoms with Gasteiger partial charge in [0.2, 0.25) is 5.69 Å². The largest absolute Gasteiger partial charge is 0.455 e. The minimum absolute atomic E-state index is 0.754. The van der Waals surface area contributed by atoms with Crippen molar-refractivity contribution in [1.82, 2.24) is 0 Å². The fourth-order valence-corrected chi connectivity index (χ4v) is 8.22. The van der Waals surface area contributed by atoms with E-state index in [2.05, 4.69) is 79.3 Å². The van der Waals surface area contributed by atoms with E-state index in [1.165, 1.54) is 118 Å². The van der Waals surface area contributed by atoms with Crippen LogP contribution < -0.4 is 9.30 Å². The van der Waals surface area contributed by atoms with Crippen molar-refractivity contribution in [3.05, 3.63) is 77.5 Å². The number of fused-ring (bicyclic) bond motifs is 5. The van der Waals surface area contributed by atoms with E-state index in [-0.39, 0.29) is 0 Å². The van der Waals surface area contributed by atoms with Gasteiger partial charge in [0.25, 0.3) is 0 Å². The third-order valence-electron chi connectivity index (χ3n) is 10.2. The highest BCUT2D eigenvalue weighted by atomic mass is 16.5. The van der Waals surface area contributed by atoms with E-state index in [1.54, 1.807) is 0 Å². The van der Waals surface area contributed by atoms with Crippen molar-refractivity contribution in [2.45, 2.75) is 71.1 Å². The van der Waals surface area contributed by atoms with Gasteiger partial charge in [0.15, 0.2) is 6.20 Å². The van der Waals surface area contributed by atoms with Gasteiger partial charge in [0, 0.05) is 17.0 Å². The van der Waals surface area contributed by atoms with Crippen molar-refractivity contribution < 1.29 is 9.30 Å². The van der Waals surface area contributed by atoms with Gasteiger partial charge >= 0.3 is 0 Å². The molecule has 0 amide bonds. The molecular formula is C37H38NO+. The highest BCUT2D eigenvalue weighted by Crippen LogP contribution is 2.52. The van der Waals surface area contributed by atoms with Gasteiger partial charge in [-0.25, -0.2) is 4.57 Å². The molecule has 0 radical (unpaired) electrons. The van der Waals surface area contributed by atoms with Gasteiger partial charge in [-0.3, -0.25) is 0 Å². The summed E-state index contributed by atoms with van der Waals surface area (Å²) >= 11 is 0. The third-order valence-corrected chi connectivity index (χ3v) is 10.2. The van der Waals surface area contributed by atoms with Crippen molar-refractivity contribution in [3.63, 3.8) is 0 Å². The van der Waals surface area contributed by atoms with Crippen LogP contribution in [0, 0.1) is 18.8 Å². The van der Waals surface area contributed by atoms with Crippen LogP contribution >= 0.6 is 0 Å². The number of aryl methyl sites for hydroxylation is 2. The maximum absolute atomic E-state index is 7.07. The Bertz CT molecular complexity index is 1770. The zero-order valence-corrected chi connectivity index (χ0v) is 23.4. The minimum atomic E-state index is 0.754. The number of hydrogen-bond donors (Lipinski definition) is 0. The topological polar surface area (TPSA) is 13.1 Å². The molecule has 2 heteroatoms. The lowest BCUT2D eigenvalue weighted by Gasteiger charge is -2.26. The zero-order chi connectivity index (χ0) is 26.1. The quantitative estimate of drug-likeness (QED) is 0.169. The summed E-state index contributed by atoms with van der Waals surface area (Å²) in [5, 5.41) is 7.97. The molecule has 0 saturated heterocycles. The molecular weight excluding hydrogens is 474 g/mol. The molecule has 4 aromatic carbocycles. The Balaban J connectivity index is 1.39. The monoisotopic (exact) mass is 512 g/mol. The summed E-state index contributed by atoms with van der Waals surface area (Å²) in [7, 11) is 2.21. The Kier molecular flexibility index (Phi) is 5.47. The predicted molar refractivity (Wildman–Crippen MR) is 162 cm³/mol. The molecule has 1 aromatic heterocycles. The standard InChI is InChI=1S/C37H38NO/c1-23-28-13-7-8-14-29(28)32(20-25-11-5-6-12-25)37-34(23)36-35-30(17-18-38(36)2)31-21-26(19-24-9-3-4-10-24)15-16-27(31)22-33(35)39-37/h7-8,13-18,21-22,24-25H,3-6,9-12,19-20H2,1-2H3/q+1. The van der Waals surface area contributed by atoms with Gasteiger partial charge in [-0.15, -0.1) is 0 Å². The molecule has 3 aliphatic rings. The molecule has 5 aromatic rings. The van der Waals surface area contributed by atoms with Crippen LogP contribution in [0.3, 0.4) is 0 Å². The molecule has 2 fully saturated rings. The second-order valence-electron chi connectivity index (χ2n) is 12.7. The Labute approximate surface area is 231 Å². The molecule has 0 spiro atoms.